The number of anilines is 1. The van der Waals surface area contributed by atoms with Gasteiger partial charge >= 0.3 is 6.03 Å². The van der Waals surface area contributed by atoms with Gasteiger partial charge in [-0.2, -0.15) is 0 Å². The van der Waals surface area contributed by atoms with Crippen molar-refractivity contribution in [2.75, 3.05) is 4.90 Å². The number of amides is 5. The van der Waals surface area contributed by atoms with E-state index in [1.807, 2.05) is 66.7 Å². The van der Waals surface area contributed by atoms with E-state index in [4.69, 9.17) is 5.73 Å². The summed E-state index contributed by atoms with van der Waals surface area (Å²) in [6, 6.07) is 25.6. The lowest BCUT2D eigenvalue weighted by Crippen LogP contribution is -2.54. The van der Waals surface area contributed by atoms with Crippen molar-refractivity contribution in [2.45, 2.75) is 19.0 Å². The van der Waals surface area contributed by atoms with Gasteiger partial charge in [0.15, 0.2) is 0 Å². The number of hydrogen-bond donors (Lipinski definition) is 4. The van der Waals surface area contributed by atoms with E-state index in [0.717, 1.165) is 27.6 Å². The minimum Gasteiger partial charge on any atom is -0.352 e. The first-order valence-electron chi connectivity index (χ1n) is 12.0. The SMILES string of the molecule is NC(=O)N[C@@H](Cc1ccccc1)C(=O)NNC(=O)c1ccc(CN2C(=O)c3cccc4cccc2c34)cc1. The molecule has 1 aliphatic heterocycles. The van der Waals surface area contributed by atoms with Gasteiger partial charge in [0, 0.05) is 22.9 Å². The van der Waals surface area contributed by atoms with Gasteiger partial charge < -0.3 is 16.0 Å². The fourth-order valence-corrected chi connectivity index (χ4v) is 4.59. The van der Waals surface area contributed by atoms with E-state index in [9.17, 15) is 19.2 Å². The number of hydrazine groups is 1. The van der Waals surface area contributed by atoms with Crippen LogP contribution in [0.2, 0.25) is 0 Å². The van der Waals surface area contributed by atoms with Crippen LogP contribution >= 0.6 is 0 Å². The van der Waals surface area contributed by atoms with Gasteiger partial charge in [0.25, 0.3) is 17.7 Å². The highest BCUT2D eigenvalue weighted by Crippen LogP contribution is 2.37. The molecule has 0 saturated carbocycles. The smallest absolute Gasteiger partial charge is 0.312 e. The predicted molar refractivity (Wildman–Crippen MR) is 143 cm³/mol. The van der Waals surface area contributed by atoms with Crippen molar-refractivity contribution in [3.8, 4) is 0 Å². The number of rotatable bonds is 7. The Hall–Kier alpha value is -5.18. The lowest BCUT2D eigenvalue weighted by Gasteiger charge is -2.18. The molecule has 5 N–H and O–H groups in total. The van der Waals surface area contributed by atoms with E-state index in [1.54, 1.807) is 29.2 Å². The summed E-state index contributed by atoms with van der Waals surface area (Å²) in [5, 5.41) is 4.36. The number of benzene rings is 4. The molecule has 0 fully saturated rings. The van der Waals surface area contributed by atoms with Gasteiger partial charge in [0.05, 0.1) is 12.2 Å². The molecule has 9 nitrogen and oxygen atoms in total. The number of carbonyl (C=O) groups is 4. The maximum atomic E-state index is 13.0. The Kier molecular flexibility index (Phi) is 6.73. The van der Waals surface area contributed by atoms with E-state index in [2.05, 4.69) is 16.2 Å². The quantitative estimate of drug-likeness (QED) is 0.286. The Balaban J connectivity index is 1.21. The first kappa shape index (κ1) is 24.5. The fraction of sp³-hybridized carbons (Fsp3) is 0.103. The Labute approximate surface area is 218 Å². The van der Waals surface area contributed by atoms with Gasteiger partial charge in [-0.25, -0.2) is 4.79 Å². The van der Waals surface area contributed by atoms with E-state index in [-0.39, 0.29) is 12.3 Å². The van der Waals surface area contributed by atoms with Gasteiger partial charge in [0.2, 0.25) is 0 Å². The van der Waals surface area contributed by atoms with E-state index in [0.29, 0.717) is 17.7 Å². The minimum atomic E-state index is -0.968. The third-order valence-corrected chi connectivity index (χ3v) is 6.42. The number of nitrogens with one attached hydrogen (secondary N) is 3. The molecule has 0 unspecified atom stereocenters. The van der Waals surface area contributed by atoms with Gasteiger partial charge in [-0.3, -0.25) is 25.2 Å². The van der Waals surface area contributed by atoms with E-state index < -0.39 is 23.9 Å². The zero-order valence-corrected chi connectivity index (χ0v) is 20.3. The molecular formula is C29H25N5O4. The van der Waals surface area contributed by atoms with E-state index >= 15 is 0 Å². The average Bonchev–Trinajstić information content (AvgIpc) is 3.20. The summed E-state index contributed by atoms with van der Waals surface area (Å²) in [6.07, 6.45) is 0.201. The summed E-state index contributed by atoms with van der Waals surface area (Å²) in [4.78, 5) is 51.4. The van der Waals surface area contributed by atoms with Gasteiger partial charge in [-0.1, -0.05) is 66.7 Å². The zero-order chi connectivity index (χ0) is 26.6. The normalized spacial score (nSPS) is 12.7. The number of carbonyl (C=O) groups excluding carboxylic acids is 4. The molecule has 1 aliphatic rings. The first-order chi connectivity index (χ1) is 18.4. The van der Waals surface area contributed by atoms with Crippen LogP contribution < -0.4 is 26.8 Å². The number of hydrogen-bond acceptors (Lipinski definition) is 4. The maximum absolute atomic E-state index is 13.0. The molecule has 0 aliphatic carbocycles. The second-order valence-corrected chi connectivity index (χ2v) is 8.96. The van der Waals surface area contributed by atoms with Crippen molar-refractivity contribution in [3.63, 3.8) is 0 Å². The largest absolute Gasteiger partial charge is 0.352 e. The van der Waals surface area contributed by atoms with Gasteiger partial charge in [-0.15, -0.1) is 0 Å². The maximum Gasteiger partial charge on any atom is 0.312 e. The summed E-state index contributed by atoms with van der Waals surface area (Å²) < 4.78 is 0. The molecule has 0 spiro atoms. The van der Waals surface area contributed by atoms with Crippen LogP contribution in [-0.2, 0) is 17.8 Å². The van der Waals surface area contributed by atoms with Crippen molar-refractivity contribution >= 4 is 40.2 Å². The lowest BCUT2D eigenvalue weighted by molar-refractivity contribution is -0.123. The van der Waals surface area contributed by atoms with Crippen LogP contribution in [0.4, 0.5) is 10.5 Å². The highest BCUT2D eigenvalue weighted by molar-refractivity contribution is 6.24. The molecule has 4 aromatic rings. The molecule has 5 amide bonds. The molecule has 0 aromatic heterocycles. The van der Waals surface area contributed by atoms with Crippen molar-refractivity contribution in [1.29, 1.82) is 0 Å². The number of nitrogens with zero attached hydrogens (tertiary/aromatic N) is 1. The number of urea groups is 1. The Bertz CT molecular complexity index is 1530. The van der Waals surface area contributed by atoms with Crippen molar-refractivity contribution in [2.24, 2.45) is 5.73 Å². The van der Waals surface area contributed by atoms with Crippen molar-refractivity contribution in [1.82, 2.24) is 16.2 Å². The monoisotopic (exact) mass is 507 g/mol. The van der Waals surface area contributed by atoms with Crippen LogP contribution in [0.1, 0.15) is 31.8 Å². The topological polar surface area (TPSA) is 134 Å². The van der Waals surface area contributed by atoms with Crippen molar-refractivity contribution in [3.05, 3.63) is 113 Å². The third kappa shape index (κ3) is 5.03. The second kappa shape index (κ2) is 10.4. The molecule has 1 atom stereocenters. The summed E-state index contributed by atoms with van der Waals surface area (Å²) >= 11 is 0. The Morgan fingerprint density at radius 2 is 1.50 bits per heavy atom. The molecule has 5 rings (SSSR count). The average molecular weight is 508 g/mol. The minimum absolute atomic E-state index is 0.0593. The second-order valence-electron chi connectivity index (χ2n) is 8.96. The van der Waals surface area contributed by atoms with Crippen LogP contribution in [-0.4, -0.2) is 29.8 Å². The molecule has 0 radical (unpaired) electrons. The lowest BCUT2D eigenvalue weighted by atomic mass is 10.1. The third-order valence-electron chi connectivity index (χ3n) is 6.42. The van der Waals surface area contributed by atoms with Crippen LogP contribution in [0.5, 0.6) is 0 Å². The fourth-order valence-electron chi connectivity index (χ4n) is 4.59. The van der Waals surface area contributed by atoms with Gasteiger partial charge in [0.1, 0.15) is 6.04 Å². The van der Waals surface area contributed by atoms with Crippen LogP contribution in [0.15, 0.2) is 91.0 Å². The van der Waals surface area contributed by atoms with E-state index in [1.165, 1.54) is 0 Å². The van der Waals surface area contributed by atoms with Crippen LogP contribution in [0.25, 0.3) is 10.8 Å². The molecule has 38 heavy (non-hydrogen) atoms. The summed E-state index contributed by atoms with van der Waals surface area (Å²) in [6.45, 7) is 0.352. The first-order valence-corrected chi connectivity index (χ1v) is 12.0. The van der Waals surface area contributed by atoms with Crippen LogP contribution in [0.3, 0.4) is 0 Å². The standard InChI is InChI=1S/C29H25N5O4/c30-29(38)31-23(16-18-6-2-1-3-7-18)27(36)33-32-26(35)21-14-12-19(13-15-21)17-34-24-11-5-9-20-8-4-10-22(25(20)24)28(34)37/h1-15,23H,16-17H2,(H,32,35)(H,33,36)(H3,30,31,38)/t23-/m0/s1. The highest BCUT2D eigenvalue weighted by Gasteiger charge is 2.29. The molecule has 1 heterocycles. The summed E-state index contributed by atoms with van der Waals surface area (Å²) in [5.74, 6) is -1.20. The summed E-state index contributed by atoms with van der Waals surface area (Å²) in [7, 11) is 0. The van der Waals surface area contributed by atoms with Crippen molar-refractivity contribution < 1.29 is 19.2 Å². The number of nitrogens with two attached hydrogens (primary N) is 1. The molecule has 0 bridgehead atoms. The molecule has 9 heteroatoms. The highest BCUT2D eigenvalue weighted by atomic mass is 16.2. The molecule has 190 valence electrons. The Morgan fingerprint density at radius 1 is 0.789 bits per heavy atom. The van der Waals surface area contributed by atoms with Crippen LogP contribution in [0, 0.1) is 0 Å². The molecular weight excluding hydrogens is 482 g/mol. The number of primary amides is 1. The zero-order valence-electron chi connectivity index (χ0n) is 20.3. The molecule has 0 saturated heterocycles. The Morgan fingerprint density at radius 3 is 2.21 bits per heavy atom. The predicted octanol–water partition coefficient (Wildman–Crippen LogP) is 3.04. The molecule has 4 aromatic carbocycles. The van der Waals surface area contributed by atoms with Gasteiger partial charge in [-0.05, 0) is 40.8 Å². The summed E-state index contributed by atoms with van der Waals surface area (Å²) in [5.41, 5.74) is 13.5.